The van der Waals surface area contributed by atoms with Crippen molar-refractivity contribution in [1.29, 1.82) is 0 Å². The van der Waals surface area contributed by atoms with Crippen LogP contribution in [0.1, 0.15) is 62.5 Å². The van der Waals surface area contributed by atoms with Crippen LogP contribution in [0.3, 0.4) is 0 Å². The van der Waals surface area contributed by atoms with Gasteiger partial charge in [-0.1, -0.05) is 73.7 Å². The second-order valence-electron chi connectivity index (χ2n) is 13.5. The van der Waals surface area contributed by atoms with E-state index in [-0.39, 0.29) is 28.7 Å². The van der Waals surface area contributed by atoms with E-state index in [4.69, 9.17) is 15.2 Å². The summed E-state index contributed by atoms with van der Waals surface area (Å²) in [5, 5.41) is 11.5. The lowest BCUT2D eigenvalue weighted by atomic mass is 9.46. The molecule has 2 unspecified atom stereocenters. The maximum atomic E-state index is 13.9. The molecule has 6 nitrogen and oxygen atoms in total. The third-order valence-electron chi connectivity index (χ3n) is 11.3. The van der Waals surface area contributed by atoms with Crippen molar-refractivity contribution >= 4 is 28.3 Å². The van der Waals surface area contributed by atoms with Gasteiger partial charge in [0.1, 0.15) is 6.01 Å². The molecule has 0 spiro atoms. The summed E-state index contributed by atoms with van der Waals surface area (Å²) in [4.78, 5) is 26.1. The molecule has 9 atom stereocenters. The first kappa shape index (κ1) is 29.0. The first-order chi connectivity index (χ1) is 20.6. The van der Waals surface area contributed by atoms with Gasteiger partial charge < -0.3 is 20.3 Å². The quantitative estimate of drug-likeness (QED) is 0.399. The Bertz CT molecular complexity index is 1520. The summed E-state index contributed by atoms with van der Waals surface area (Å²) in [5.74, 6) is 0.0605. The molecule has 0 amide bonds. The zero-order valence-corrected chi connectivity index (χ0v) is 25.3. The van der Waals surface area contributed by atoms with Crippen LogP contribution in [0.2, 0.25) is 0 Å². The Hall–Kier alpha value is -2.78. The number of aliphatic hydroxyl groups is 1. The molecule has 2 aromatic rings. The Morgan fingerprint density at radius 3 is 2.70 bits per heavy atom. The van der Waals surface area contributed by atoms with Crippen LogP contribution in [-0.2, 0) is 25.5 Å². The number of anilines is 1. The Balaban J connectivity index is 1.19. The lowest BCUT2D eigenvalue weighted by Crippen LogP contribution is -2.62. The highest BCUT2D eigenvalue weighted by molar-refractivity contribution is 8.13. The Kier molecular flexibility index (Phi) is 7.00. The topological polar surface area (TPSA) is 98.8 Å². The highest BCUT2D eigenvalue weighted by Gasteiger charge is 2.76. The van der Waals surface area contributed by atoms with Crippen molar-refractivity contribution in [3.05, 3.63) is 89.0 Å². The smallest absolute Gasteiger partial charge is 0.226 e. The van der Waals surface area contributed by atoms with E-state index in [0.29, 0.717) is 24.6 Å². The molecule has 43 heavy (non-hydrogen) atoms. The Labute approximate surface area is 255 Å². The van der Waals surface area contributed by atoms with Crippen molar-refractivity contribution in [3.8, 4) is 0 Å². The first-order valence-corrected chi connectivity index (χ1v) is 16.2. The lowest BCUT2D eigenvalue weighted by Gasteiger charge is -2.59. The molecule has 1 heterocycles. The van der Waals surface area contributed by atoms with E-state index in [1.807, 2.05) is 61.5 Å². The maximum absolute atomic E-state index is 13.9. The highest BCUT2D eigenvalue weighted by Crippen LogP contribution is 2.71. The van der Waals surface area contributed by atoms with Crippen molar-refractivity contribution in [2.75, 3.05) is 11.7 Å². The molecule has 1 saturated heterocycles. The summed E-state index contributed by atoms with van der Waals surface area (Å²) in [6, 6.07) is 15.0. The predicted octanol–water partition coefficient (Wildman–Crippen LogP) is 6.09. The second-order valence-corrected chi connectivity index (χ2v) is 14.3. The van der Waals surface area contributed by atoms with E-state index in [1.54, 1.807) is 12.2 Å². The largest absolute Gasteiger partial charge is 0.399 e. The van der Waals surface area contributed by atoms with E-state index < -0.39 is 40.9 Å². The zero-order chi connectivity index (χ0) is 30.1. The summed E-state index contributed by atoms with van der Waals surface area (Å²) >= 11 is 0.640. The van der Waals surface area contributed by atoms with Crippen LogP contribution in [0.25, 0.3) is 0 Å². The summed E-state index contributed by atoms with van der Waals surface area (Å²) in [5.41, 5.74) is 8.24. The van der Waals surface area contributed by atoms with Crippen LogP contribution in [0.15, 0.2) is 72.3 Å². The monoisotopic (exact) mass is 603 g/mol. The van der Waals surface area contributed by atoms with E-state index >= 15 is 0 Å². The molecule has 2 aromatic carbocycles. The highest BCUT2D eigenvalue weighted by atomic mass is 32.2. The number of hydrogen-bond donors (Lipinski definition) is 2. The van der Waals surface area contributed by atoms with Gasteiger partial charge in [0.15, 0.2) is 17.7 Å². The number of carbonyl (C=O) groups excluding carboxylic acids is 2. The number of aliphatic hydroxyl groups excluding tert-OH is 1. The minimum atomic E-state index is -1.37. The van der Waals surface area contributed by atoms with Crippen molar-refractivity contribution < 1.29 is 28.6 Å². The summed E-state index contributed by atoms with van der Waals surface area (Å²) < 4.78 is 27.1. The van der Waals surface area contributed by atoms with Crippen LogP contribution in [0.4, 0.5) is 10.1 Å². The number of allylic oxidation sites excluding steroid dienone is 4. The number of thioether (sulfide) groups is 1. The number of ketones is 1. The van der Waals surface area contributed by atoms with Gasteiger partial charge in [-0.3, -0.25) is 9.59 Å². The number of hydrogen-bond acceptors (Lipinski definition) is 7. The number of alkyl halides is 1. The van der Waals surface area contributed by atoms with E-state index in [2.05, 4.69) is 6.92 Å². The SMILES string of the molecule is C[C@]12C=CC(=O)C=C1CC[C@@H]1C2[C@@H](O)C[C@@]2(C)C1C[C@H]1O[C@@H](c3ccc(Cc4cccc(N)c4)cc3)O[C@]12C(=O)SCF. The van der Waals surface area contributed by atoms with Gasteiger partial charge in [-0.2, -0.15) is 0 Å². The number of halogens is 1. The van der Waals surface area contributed by atoms with Crippen LogP contribution in [0, 0.1) is 28.6 Å². The molecule has 0 bridgehead atoms. The van der Waals surface area contributed by atoms with Crippen LogP contribution < -0.4 is 5.73 Å². The van der Waals surface area contributed by atoms with Crippen LogP contribution in [-0.4, -0.2) is 39.8 Å². The minimum absolute atomic E-state index is 0.00473. The fraction of sp³-hybridized carbons (Fsp3) is 0.486. The summed E-state index contributed by atoms with van der Waals surface area (Å²) in [6.45, 7) is 4.17. The average Bonchev–Trinajstić information content (AvgIpc) is 3.47. The van der Waals surface area contributed by atoms with Crippen LogP contribution >= 0.6 is 11.8 Å². The number of benzene rings is 2. The maximum Gasteiger partial charge on any atom is 0.226 e. The second kappa shape index (κ2) is 10.4. The molecule has 226 valence electrons. The fourth-order valence-corrected chi connectivity index (χ4v) is 10.2. The standard InChI is InChI=1S/C35H38FNO5S/c1-33-13-12-25(38)16-23(33)10-11-26-27-17-29-35(32(40)43-19-36,34(27,2)18-28(39)30(26)33)42-31(41-29)22-8-6-20(7-9-22)14-21-4-3-5-24(37)15-21/h3-9,12-13,15-16,26-31,39H,10-11,14,17-19,37H2,1-2H3/t26-,27?,28-,29+,30?,31+,33-,34-,35-/m0/s1. The molecule has 7 rings (SSSR count). The number of fused-ring (bicyclic) bond motifs is 7. The minimum Gasteiger partial charge on any atom is -0.399 e. The van der Waals surface area contributed by atoms with E-state index in [1.165, 1.54) is 0 Å². The van der Waals surface area contributed by atoms with Gasteiger partial charge >= 0.3 is 0 Å². The molecule has 4 fully saturated rings. The van der Waals surface area contributed by atoms with Crippen molar-refractivity contribution in [2.45, 2.75) is 70.1 Å². The molecule has 4 aliphatic carbocycles. The Morgan fingerprint density at radius 2 is 1.95 bits per heavy atom. The molecule has 3 N–H and O–H groups in total. The number of ether oxygens (including phenoxy) is 2. The number of carbonyl (C=O) groups is 2. The normalized spacial score (nSPS) is 39.4. The van der Waals surface area contributed by atoms with Gasteiger partial charge in [-0.25, -0.2) is 4.39 Å². The van der Waals surface area contributed by atoms with E-state index in [0.717, 1.165) is 47.2 Å². The molecular formula is C35H38FNO5S. The van der Waals surface area contributed by atoms with Gasteiger partial charge in [0.2, 0.25) is 5.12 Å². The lowest BCUT2D eigenvalue weighted by molar-refractivity contribution is -0.194. The molecule has 1 aliphatic heterocycles. The predicted molar refractivity (Wildman–Crippen MR) is 163 cm³/mol. The third kappa shape index (κ3) is 4.31. The number of rotatable bonds is 5. The number of nitrogens with two attached hydrogens (primary N) is 1. The van der Waals surface area contributed by atoms with Crippen molar-refractivity contribution in [3.63, 3.8) is 0 Å². The summed E-state index contributed by atoms with van der Waals surface area (Å²) in [6.07, 6.45) is 6.55. The number of nitrogen functional groups attached to an aromatic ring is 1. The van der Waals surface area contributed by atoms with E-state index in [9.17, 15) is 19.1 Å². The average molecular weight is 604 g/mol. The van der Waals surface area contributed by atoms with Gasteiger partial charge in [0, 0.05) is 28.0 Å². The van der Waals surface area contributed by atoms with Crippen molar-refractivity contribution in [2.24, 2.45) is 28.6 Å². The zero-order valence-electron chi connectivity index (χ0n) is 24.5. The summed E-state index contributed by atoms with van der Waals surface area (Å²) in [7, 11) is 0. The molecule has 0 aromatic heterocycles. The fourth-order valence-electron chi connectivity index (χ4n) is 9.45. The first-order valence-electron chi connectivity index (χ1n) is 15.2. The van der Waals surface area contributed by atoms with Gasteiger partial charge in [0.05, 0.1) is 12.2 Å². The third-order valence-corrected chi connectivity index (χ3v) is 12.0. The molecular weight excluding hydrogens is 565 g/mol. The molecule has 5 aliphatic rings. The van der Waals surface area contributed by atoms with Gasteiger partial charge in [-0.05, 0) is 79.4 Å². The molecule has 8 heteroatoms. The van der Waals surface area contributed by atoms with Gasteiger partial charge in [-0.15, -0.1) is 0 Å². The molecule has 0 radical (unpaired) electrons. The van der Waals surface area contributed by atoms with Crippen LogP contribution in [0.5, 0.6) is 0 Å². The molecule has 3 saturated carbocycles. The van der Waals surface area contributed by atoms with Gasteiger partial charge in [0.25, 0.3) is 0 Å². The Morgan fingerprint density at radius 1 is 1.16 bits per heavy atom. The van der Waals surface area contributed by atoms with Crippen molar-refractivity contribution in [1.82, 2.24) is 0 Å².